The molecule has 2 aromatic carbocycles. The van der Waals surface area contributed by atoms with E-state index in [1.165, 1.54) is 21.3 Å². The van der Waals surface area contributed by atoms with Crippen molar-refractivity contribution in [1.29, 1.82) is 0 Å². The number of benzene rings is 2. The Kier molecular flexibility index (Phi) is 12.8. The number of H-pyrrole nitrogens is 4. The monoisotopic (exact) mass is 1070 g/mol. The summed E-state index contributed by atoms with van der Waals surface area (Å²) in [6, 6.07) is 35.2. The Morgan fingerprint density at radius 2 is 1.17 bits per heavy atom. The second-order valence-electron chi connectivity index (χ2n) is 21.8. The molecule has 15 nitrogen and oxygen atoms in total. The van der Waals surface area contributed by atoms with Gasteiger partial charge in [0.05, 0.1) is 78.8 Å². The molecule has 0 amide bonds. The lowest BCUT2D eigenvalue weighted by Gasteiger charge is -2.16. The van der Waals surface area contributed by atoms with E-state index in [0.29, 0.717) is 96.8 Å². The molecule has 10 heterocycles. The number of nitrogens with zero attached hydrogens (tertiary/aromatic N) is 4. The number of methoxy groups -OCH3 is 4. The normalized spacial score (nSPS) is 13.8. The number of aromatic nitrogens is 8. The van der Waals surface area contributed by atoms with Gasteiger partial charge in [0.1, 0.15) is 12.6 Å². The summed E-state index contributed by atoms with van der Waals surface area (Å²) in [5.41, 5.74) is 16.0. The van der Waals surface area contributed by atoms with Crippen LogP contribution in [0.4, 0.5) is 0 Å². The Morgan fingerprint density at radius 1 is 0.543 bits per heavy atom. The third kappa shape index (κ3) is 9.44. The van der Waals surface area contributed by atoms with E-state index in [2.05, 4.69) is 126 Å². The zero-order valence-electron chi connectivity index (χ0n) is 46.3. The molecule has 81 heavy (non-hydrogen) atoms. The van der Waals surface area contributed by atoms with Crippen LogP contribution in [0, 0.1) is 11.8 Å². The number of carbonyl (C=O) groups is 3. The van der Waals surface area contributed by atoms with E-state index in [1.54, 1.807) is 31.4 Å². The first-order valence-electron chi connectivity index (χ1n) is 26.5. The number of ether oxygens (including phenoxy) is 4. The van der Waals surface area contributed by atoms with Crippen molar-refractivity contribution in [2.75, 3.05) is 28.4 Å². The van der Waals surface area contributed by atoms with Crippen molar-refractivity contribution >= 4 is 86.3 Å². The molecule has 16 bridgehead atoms. The average molecular weight is 1070 g/mol. The van der Waals surface area contributed by atoms with Crippen molar-refractivity contribution in [1.82, 2.24) is 34.9 Å². The van der Waals surface area contributed by atoms with Gasteiger partial charge in [0.15, 0.2) is 5.75 Å². The molecule has 0 spiro atoms. The molecular formula is C66H57N8O7+. The summed E-state index contributed by atoms with van der Waals surface area (Å²) < 4.78 is 24.4. The Hall–Kier alpha value is -10.1. The summed E-state index contributed by atoms with van der Waals surface area (Å²) in [5.74, 6) is 5.45. The molecule has 4 aliphatic heterocycles. The Bertz CT molecular complexity index is 4480. The van der Waals surface area contributed by atoms with E-state index < -0.39 is 28.7 Å². The lowest BCUT2D eigenvalue weighted by Crippen LogP contribution is -2.31. The molecule has 8 aromatic rings. The quantitative estimate of drug-likeness (QED) is 0.0539. The second kappa shape index (κ2) is 20.0. The molecule has 4 N–H and O–H groups in total. The van der Waals surface area contributed by atoms with Crippen LogP contribution >= 0.6 is 0 Å². The zero-order valence-corrected chi connectivity index (χ0v) is 46.3. The highest BCUT2D eigenvalue weighted by Crippen LogP contribution is 2.41. The minimum absolute atomic E-state index is 0.184. The Morgan fingerprint density at radius 3 is 1.90 bits per heavy atom. The lowest BCUT2D eigenvalue weighted by atomic mass is 9.86. The molecule has 0 atom stereocenters. The smallest absolute Gasteiger partial charge is 0.341 e. The number of carbonyl (C=O) groups excluding carboxylic acids is 3. The first kappa shape index (κ1) is 51.7. The topological polar surface area (TPSA) is 194 Å². The maximum Gasteiger partial charge on any atom is 0.341 e. The number of rotatable bonds is 6. The van der Waals surface area contributed by atoms with Gasteiger partial charge in [-0.25, -0.2) is 19.4 Å². The number of aromatic amines is 4. The second-order valence-corrected chi connectivity index (χ2v) is 21.8. The lowest BCUT2D eigenvalue weighted by molar-refractivity contribution is -0.672. The molecule has 4 aliphatic rings. The van der Waals surface area contributed by atoms with Crippen molar-refractivity contribution in [3.8, 4) is 39.8 Å². The van der Waals surface area contributed by atoms with Crippen molar-refractivity contribution in [2.45, 2.75) is 51.4 Å². The molecule has 0 aliphatic carbocycles. The van der Waals surface area contributed by atoms with Crippen LogP contribution in [0.3, 0.4) is 0 Å². The summed E-state index contributed by atoms with van der Waals surface area (Å²) in [6.45, 7) is 8.32. The minimum Gasteiger partial charge on any atom is -0.493 e. The molecule has 15 heteroatoms. The molecule has 0 fully saturated rings. The summed E-state index contributed by atoms with van der Waals surface area (Å²) in [5, 5.41) is 0. The first-order valence-corrected chi connectivity index (χ1v) is 26.5. The largest absolute Gasteiger partial charge is 0.493 e. The highest BCUT2D eigenvalue weighted by atomic mass is 16.5. The van der Waals surface area contributed by atoms with Crippen LogP contribution in [0.1, 0.15) is 115 Å². The van der Waals surface area contributed by atoms with Gasteiger partial charge < -0.3 is 38.9 Å². The summed E-state index contributed by atoms with van der Waals surface area (Å²) in [7, 11) is 7.63. The van der Waals surface area contributed by atoms with E-state index in [0.717, 1.165) is 56.0 Å². The van der Waals surface area contributed by atoms with Crippen LogP contribution in [-0.4, -0.2) is 81.2 Å². The SMILES string of the molecule is COC(=O)c1ccc(-c2c(C(=O)OC)c3cc4nc(cc5[nH]c(c(OC)c6nc(cc2[nH]3)C(C)(C)C6)c(C(=O)OC)c5C#Cc2ccc(-c3c5nc(cc6[n+](C)c(cc7ccc(cc8ccc3[nH]8)[nH]7)C=C6)C=C5)cc2)C(C)(C)C4)cc1. The molecule has 12 rings (SSSR count). The highest BCUT2D eigenvalue weighted by molar-refractivity contribution is 6.10. The van der Waals surface area contributed by atoms with E-state index in [9.17, 15) is 14.4 Å². The van der Waals surface area contributed by atoms with Gasteiger partial charge in [0, 0.05) is 109 Å². The van der Waals surface area contributed by atoms with Gasteiger partial charge in [-0.1, -0.05) is 63.8 Å². The third-order valence-electron chi connectivity index (χ3n) is 15.4. The van der Waals surface area contributed by atoms with Crippen LogP contribution in [0.5, 0.6) is 5.75 Å². The van der Waals surface area contributed by atoms with Crippen molar-refractivity contribution in [3.63, 3.8) is 0 Å². The zero-order chi connectivity index (χ0) is 56.5. The van der Waals surface area contributed by atoms with Gasteiger partial charge >= 0.3 is 17.9 Å². The number of hydrogen-bond acceptors (Lipinski definition) is 10. The van der Waals surface area contributed by atoms with E-state index >= 15 is 0 Å². The van der Waals surface area contributed by atoms with Crippen LogP contribution in [-0.2, 0) is 44.9 Å². The van der Waals surface area contributed by atoms with Gasteiger partial charge in [0.2, 0.25) is 11.4 Å². The molecule has 402 valence electrons. The number of fused-ring (bicyclic) bond motifs is 16. The predicted molar refractivity (Wildman–Crippen MR) is 314 cm³/mol. The van der Waals surface area contributed by atoms with Crippen LogP contribution in [0.2, 0.25) is 0 Å². The van der Waals surface area contributed by atoms with E-state index in [4.69, 9.17) is 33.9 Å². The molecule has 0 saturated carbocycles. The minimum atomic E-state index is -0.618. The fourth-order valence-electron chi connectivity index (χ4n) is 11.1. The van der Waals surface area contributed by atoms with Crippen LogP contribution < -0.4 is 9.30 Å². The molecule has 0 saturated heterocycles. The van der Waals surface area contributed by atoms with Crippen LogP contribution in [0.15, 0.2) is 109 Å². The van der Waals surface area contributed by atoms with Gasteiger partial charge in [0.25, 0.3) is 0 Å². The van der Waals surface area contributed by atoms with Crippen molar-refractivity contribution in [3.05, 3.63) is 183 Å². The average Bonchev–Trinajstić information content (AvgIpc) is 4.54. The van der Waals surface area contributed by atoms with Crippen LogP contribution in [0.25, 0.3) is 90.7 Å². The van der Waals surface area contributed by atoms with Gasteiger partial charge in [-0.3, -0.25) is 9.97 Å². The fraction of sp³-hybridized carbons (Fsp3) is 0.197. The summed E-state index contributed by atoms with van der Waals surface area (Å²) >= 11 is 0. The Balaban J connectivity index is 1.05. The highest BCUT2D eigenvalue weighted by Gasteiger charge is 2.35. The molecule has 0 radical (unpaired) electrons. The van der Waals surface area contributed by atoms with Gasteiger partial charge in [-0.05, 0) is 96.1 Å². The third-order valence-corrected chi connectivity index (χ3v) is 15.4. The fourth-order valence-corrected chi connectivity index (χ4v) is 11.1. The first-order chi connectivity index (χ1) is 39.0. The number of hydrogen-bond donors (Lipinski definition) is 4. The maximum atomic E-state index is 14.3. The van der Waals surface area contributed by atoms with Gasteiger partial charge in [-0.15, -0.1) is 0 Å². The van der Waals surface area contributed by atoms with Crippen molar-refractivity contribution < 1.29 is 37.9 Å². The predicted octanol–water partition coefficient (Wildman–Crippen LogP) is 11.9. The molecule has 6 aromatic heterocycles. The van der Waals surface area contributed by atoms with E-state index in [1.807, 2.05) is 54.6 Å². The van der Waals surface area contributed by atoms with Crippen molar-refractivity contribution in [2.24, 2.45) is 7.05 Å². The number of esters is 3. The maximum absolute atomic E-state index is 14.3. The van der Waals surface area contributed by atoms with Gasteiger partial charge in [-0.2, -0.15) is 4.57 Å². The number of nitrogens with one attached hydrogen (secondary N) is 4. The summed E-state index contributed by atoms with van der Waals surface area (Å²) in [4.78, 5) is 70.7. The molecular weight excluding hydrogens is 1020 g/mol. The Labute approximate surface area is 466 Å². The molecule has 0 unspecified atom stereocenters. The van der Waals surface area contributed by atoms with E-state index in [-0.39, 0.29) is 5.56 Å². The summed E-state index contributed by atoms with van der Waals surface area (Å²) in [6.07, 6.45) is 9.20. The standard InChI is InChI=1S/C66H56N8O7/c1-65(2)34-44-31-51-59(64(77)81-9)57(38-15-17-39(18-16-38)62(75)79-7)52(71-51)33-55-66(3,4)35-53(72-55)61(78-6)60-58(63(76)80-8)47(50(73-60)32-54(65)70-44)25-12-36-10-13-37(14-11-36)56-48-26-21-41(68-48)28-40-19-20-42(67-40)29-45-23-24-46(74(45)5)30-43-22-27-49(56)69-43/h10-11,13-24,26-33H,34-35H2,1-9H3,(H3,67,68,69,70,71,72,73,75,76,77)/p+1.